The van der Waals surface area contributed by atoms with Crippen LogP contribution < -0.4 is 10.5 Å². The summed E-state index contributed by atoms with van der Waals surface area (Å²) in [5.41, 5.74) is 6.31. The van der Waals surface area contributed by atoms with Crippen LogP contribution in [-0.4, -0.2) is 23.2 Å². The van der Waals surface area contributed by atoms with Crippen molar-refractivity contribution in [3.63, 3.8) is 0 Å². The minimum atomic E-state index is -0.515. The van der Waals surface area contributed by atoms with Crippen LogP contribution in [0.5, 0.6) is 5.75 Å². The summed E-state index contributed by atoms with van der Waals surface area (Å²) in [7, 11) is 1.49. The molecule has 0 unspecified atom stereocenters. The third-order valence-corrected chi connectivity index (χ3v) is 2.03. The molecule has 72 valence electrons. The largest absolute Gasteiger partial charge is 0.496 e. The predicted octanol–water partition coefficient (Wildman–Crippen LogP) is 0.670. The Bertz CT molecular complexity index is 490. The topological polar surface area (TPSA) is 81.0 Å². The maximum atomic E-state index is 11.1. The molecule has 14 heavy (non-hydrogen) atoms. The van der Waals surface area contributed by atoms with E-state index in [1.54, 1.807) is 18.3 Å². The predicted molar refractivity (Wildman–Crippen MR) is 51.2 cm³/mol. The molecule has 5 heteroatoms. The number of rotatable bonds is 2. The summed E-state index contributed by atoms with van der Waals surface area (Å²) in [6.07, 6.45) is 1.66. The summed E-state index contributed by atoms with van der Waals surface area (Å²) in [5, 5.41) is 7.48. The maximum absolute atomic E-state index is 11.1. The molecule has 1 amide bonds. The van der Waals surface area contributed by atoms with Gasteiger partial charge in [0.05, 0.1) is 24.4 Å². The van der Waals surface area contributed by atoms with E-state index < -0.39 is 5.91 Å². The molecule has 0 aliphatic heterocycles. The molecule has 0 fully saturated rings. The van der Waals surface area contributed by atoms with Crippen molar-refractivity contribution < 1.29 is 9.53 Å². The van der Waals surface area contributed by atoms with Crippen LogP contribution in [0.2, 0.25) is 0 Å². The number of carbonyl (C=O) groups is 1. The van der Waals surface area contributed by atoms with E-state index in [1.165, 1.54) is 7.11 Å². The van der Waals surface area contributed by atoms with Gasteiger partial charge in [-0.05, 0) is 12.1 Å². The number of ether oxygens (including phenoxy) is 1. The number of hydrogen-bond donors (Lipinski definition) is 2. The molecule has 0 aliphatic rings. The number of amides is 1. The molecule has 2 aromatic rings. The Morgan fingerprint density at radius 1 is 1.57 bits per heavy atom. The first-order valence-corrected chi connectivity index (χ1v) is 4.03. The third-order valence-electron chi connectivity index (χ3n) is 2.03. The van der Waals surface area contributed by atoms with Crippen molar-refractivity contribution in [2.75, 3.05) is 7.11 Å². The van der Waals surface area contributed by atoms with Gasteiger partial charge in [-0.1, -0.05) is 0 Å². The van der Waals surface area contributed by atoms with Crippen molar-refractivity contribution >= 4 is 16.8 Å². The summed E-state index contributed by atoms with van der Waals surface area (Å²) < 4.78 is 5.04. The van der Waals surface area contributed by atoms with Crippen LogP contribution >= 0.6 is 0 Å². The molecule has 1 aromatic heterocycles. The number of nitrogens with one attached hydrogen (secondary N) is 1. The van der Waals surface area contributed by atoms with Gasteiger partial charge in [-0.3, -0.25) is 9.89 Å². The zero-order valence-corrected chi connectivity index (χ0v) is 7.57. The smallest absolute Gasteiger partial charge is 0.252 e. The zero-order chi connectivity index (χ0) is 10.1. The Balaban J connectivity index is 2.72. The summed E-state index contributed by atoms with van der Waals surface area (Å²) >= 11 is 0. The third kappa shape index (κ3) is 1.19. The van der Waals surface area contributed by atoms with Gasteiger partial charge in [0.25, 0.3) is 5.91 Å². The first kappa shape index (κ1) is 8.55. The van der Waals surface area contributed by atoms with E-state index in [0.717, 1.165) is 10.9 Å². The Morgan fingerprint density at radius 2 is 2.36 bits per heavy atom. The average molecular weight is 191 g/mol. The van der Waals surface area contributed by atoms with E-state index in [-0.39, 0.29) is 0 Å². The van der Waals surface area contributed by atoms with E-state index in [0.29, 0.717) is 11.3 Å². The molecule has 1 aromatic carbocycles. The summed E-state index contributed by atoms with van der Waals surface area (Å²) in [5.74, 6) is -0.0512. The van der Waals surface area contributed by atoms with E-state index in [4.69, 9.17) is 10.5 Å². The second-order valence-corrected chi connectivity index (χ2v) is 2.87. The number of hydrogen-bond acceptors (Lipinski definition) is 3. The lowest BCUT2D eigenvalue weighted by atomic mass is 10.1. The number of nitrogens with zero attached hydrogens (tertiary/aromatic N) is 1. The number of carbonyl (C=O) groups excluding carboxylic acids is 1. The quantitative estimate of drug-likeness (QED) is 0.732. The fraction of sp³-hybridized carbons (Fsp3) is 0.111. The van der Waals surface area contributed by atoms with Gasteiger partial charge in [-0.2, -0.15) is 5.10 Å². The summed E-state index contributed by atoms with van der Waals surface area (Å²) in [4.78, 5) is 11.1. The average Bonchev–Trinajstić information content (AvgIpc) is 2.62. The van der Waals surface area contributed by atoms with Gasteiger partial charge in [0, 0.05) is 5.39 Å². The van der Waals surface area contributed by atoms with Crippen LogP contribution in [0.15, 0.2) is 18.3 Å². The molecule has 0 atom stereocenters. The molecule has 5 nitrogen and oxygen atoms in total. The van der Waals surface area contributed by atoms with Gasteiger partial charge < -0.3 is 10.5 Å². The normalized spacial score (nSPS) is 10.4. The Hall–Kier alpha value is -2.04. The number of primary amides is 1. The van der Waals surface area contributed by atoms with Gasteiger partial charge in [-0.25, -0.2) is 0 Å². The molecule has 0 radical (unpaired) electrons. The van der Waals surface area contributed by atoms with Crippen LogP contribution in [0.3, 0.4) is 0 Å². The molecule has 0 aliphatic carbocycles. The maximum Gasteiger partial charge on any atom is 0.252 e. The molecular weight excluding hydrogens is 182 g/mol. The van der Waals surface area contributed by atoms with Crippen LogP contribution in [0.4, 0.5) is 0 Å². The summed E-state index contributed by atoms with van der Waals surface area (Å²) in [6.45, 7) is 0. The summed E-state index contributed by atoms with van der Waals surface area (Å²) in [6, 6.07) is 3.35. The minimum Gasteiger partial charge on any atom is -0.496 e. The van der Waals surface area contributed by atoms with Crippen LogP contribution in [0, 0.1) is 0 Å². The first-order valence-electron chi connectivity index (χ1n) is 4.03. The van der Waals surface area contributed by atoms with E-state index in [1.807, 2.05) is 0 Å². The van der Waals surface area contributed by atoms with E-state index >= 15 is 0 Å². The lowest BCUT2D eigenvalue weighted by Gasteiger charge is -2.04. The van der Waals surface area contributed by atoms with Crippen LogP contribution in [-0.2, 0) is 0 Å². The number of benzene rings is 1. The van der Waals surface area contributed by atoms with Crippen molar-refractivity contribution in [1.29, 1.82) is 0 Å². The number of aromatic amines is 1. The highest BCUT2D eigenvalue weighted by molar-refractivity contribution is 5.99. The van der Waals surface area contributed by atoms with Gasteiger partial charge in [0.15, 0.2) is 0 Å². The number of methoxy groups -OCH3 is 1. The minimum absolute atomic E-state index is 0.351. The number of nitrogens with two attached hydrogens (primary N) is 1. The Morgan fingerprint density at radius 3 is 3.00 bits per heavy atom. The van der Waals surface area contributed by atoms with Crippen molar-refractivity contribution in [2.24, 2.45) is 5.73 Å². The lowest BCUT2D eigenvalue weighted by Crippen LogP contribution is -2.12. The molecule has 1 heterocycles. The fourth-order valence-electron chi connectivity index (χ4n) is 1.33. The number of aromatic nitrogens is 2. The second kappa shape index (κ2) is 3.02. The number of H-pyrrole nitrogens is 1. The molecule has 0 saturated heterocycles. The standard InChI is InChI=1S/C9H9N3O2/c1-14-8-2-5-4-11-12-7(5)3-6(8)9(10)13/h2-4H,1H3,(H2,10,13)(H,11,12). The fourth-order valence-corrected chi connectivity index (χ4v) is 1.33. The molecule has 2 rings (SSSR count). The molecule has 0 bridgehead atoms. The van der Waals surface area contributed by atoms with Crippen molar-refractivity contribution in [2.45, 2.75) is 0 Å². The van der Waals surface area contributed by atoms with Crippen LogP contribution in [0.1, 0.15) is 10.4 Å². The highest BCUT2D eigenvalue weighted by Crippen LogP contribution is 2.23. The van der Waals surface area contributed by atoms with Crippen molar-refractivity contribution in [1.82, 2.24) is 10.2 Å². The molecule has 0 saturated carbocycles. The van der Waals surface area contributed by atoms with E-state index in [2.05, 4.69) is 10.2 Å². The molecular formula is C9H9N3O2. The monoisotopic (exact) mass is 191 g/mol. The van der Waals surface area contributed by atoms with Gasteiger partial charge in [-0.15, -0.1) is 0 Å². The Labute approximate surface area is 79.9 Å². The molecule has 3 N–H and O–H groups in total. The zero-order valence-electron chi connectivity index (χ0n) is 7.57. The van der Waals surface area contributed by atoms with Gasteiger partial charge in [0.2, 0.25) is 0 Å². The number of fused-ring (bicyclic) bond motifs is 1. The highest BCUT2D eigenvalue weighted by Gasteiger charge is 2.10. The van der Waals surface area contributed by atoms with Crippen LogP contribution in [0.25, 0.3) is 10.9 Å². The SMILES string of the molecule is COc1cc2cn[nH]c2cc1C(N)=O. The van der Waals surface area contributed by atoms with Gasteiger partial charge in [0.1, 0.15) is 5.75 Å². The van der Waals surface area contributed by atoms with Gasteiger partial charge >= 0.3 is 0 Å². The van der Waals surface area contributed by atoms with Crippen molar-refractivity contribution in [3.05, 3.63) is 23.9 Å². The highest BCUT2D eigenvalue weighted by atomic mass is 16.5. The first-order chi connectivity index (χ1) is 6.72. The Kier molecular flexibility index (Phi) is 1.85. The van der Waals surface area contributed by atoms with Crippen molar-refractivity contribution in [3.8, 4) is 5.75 Å². The lowest BCUT2D eigenvalue weighted by molar-refractivity contribution is 0.0997. The second-order valence-electron chi connectivity index (χ2n) is 2.87. The molecule has 0 spiro atoms. The van der Waals surface area contributed by atoms with E-state index in [9.17, 15) is 4.79 Å².